The molecule has 1 amide bonds. The van der Waals surface area contributed by atoms with Crippen molar-refractivity contribution in [3.05, 3.63) is 29.8 Å². The number of carbonyl (C=O) groups is 1. The maximum absolute atomic E-state index is 12.9. The van der Waals surface area contributed by atoms with Crippen LogP contribution in [-0.4, -0.2) is 37.7 Å². The van der Waals surface area contributed by atoms with Gasteiger partial charge >= 0.3 is 6.18 Å². The number of halogens is 3. The number of benzene rings is 1. The lowest BCUT2D eigenvalue weighted by molar-refractivity contribution is -0.907. The molecule has 2 rings (SSSR count). The molecule has 22 heavy (non-hydrogen) atoms. The van der Waals surface area contributed by atoms with Gasteiger partial charge in [0.15, 0.2) is 6.54 Å². The van der Waals surface area contributed by atoms with E-state index < -0.39 is 17.6 Å². The van der Waals surface area contributed by atoms with Crippen LogP contribution < -0.4 is 10.2 Å². The van der Waals surface area contributed by atoms with Crippen LogP contribution in [0.2, 0.25) is 0 Å². The molecule has 7 heteroatoms. The zero-order valence-electron chi connectivity index (χ0n) is 12.5. The van der Waals surface area contributed by atoms with Crippen molar-refractivity contribution in [1.82, 2.24) is 0 Å². The summed E-state index contributed by atoms with van der Waals surface area (Å²) in [6.07, 6.45) is -4.42. The largest absolute Gasteiger partial charge is 0.418 e. The molecule has 1 fully saturated rings. The van der Waals surface area contributed by atoms with E-state index in [9.17, 15) is 18.0 Å². The summed E-state index contributed by atoms with van der Waals surface area (Å²) in [4.78, 5) is 13.0. The minimum atomic E-state index is -4.49. The smallest absolute Gasteiger partial charge is 0.364 e. The Kier molecular flexibility index (Phi) is 5.08. The summed E-state index contributed by atoms with van der Waals surface area (Å²) < 4.78 is 44.2. The number of rotatable bonds is 3. The summed E-state index contributed by atoms with van der Waals surface area (Å²) in [5.41, 5.74) is -1.03. The fourth-order valence-corrected chi connectivity index (χ4v) is 2.79. The van der Waals surface area contributed by atoms with Gasteiger partial charge in [-0.25, -0.2) is 0 Å². The molecule has 0 aliphatic carbocycles. The SMILES string of the molecule is C[C@@H]1C[NH+](CC(=O)Nc2ccccc2C(F)(F)F)C[C@H](C)O1. The monoisotopic (exact) mass is 317 g/mol. The minimum absolute atomic E-state index is 0.0361. The fourth-order valence-electron chi connectivity index (χ4n) is 2.79. The van der Waals surface area contributed by atoms with Gasteiger partial charge in [0, 0.05) is 0 Å². The molecular weight excluding hydrogens is 297 g/mol. The number of carbonyl (C=O) groups excluding carboxylic acids is 1. The number of nitrogens with one attached hydrogen (secondary N) is 2. The Bertz CT molecular complexity index is 524. The van der Waals surface area contributed by atoms with Gasteiger partial charge in [-0.3, -0.25) is 4.79 Å². The van der Waals surface area contributed by atoms with Crippen LogP contribution in [0.15, 0.2) is 24.3 Å². The third-order valence-corrected chi connectivity index (χ3v) is 3.53. The standard InChI is InChI=1S/C15H19F3N2O2/c1-10-7-20(8-11(2)22-10)9-14(21)19-13-6-4-3-5-12(13)15(16,17)18/h3-6,10-11H,7-9H2,1-2H3,(H,19,21)/p+1/t10-,11+. The molecular formula is C15H20F3N2O2+. The van der Waals surface area contributed by atoms with Gasteiger partial charge in [-0.2, -0.15) is 13.2 Å². The Labute approximate surface area is 127 Å². The van der Waals surface area contributed by atoms with E-state index in [2.05, 4.69) is 5.32 Å². The molecule has 2 N–H and O–H groups in total. The Balaban J connectivity index is 2.01. The van der Waals surface area contributed by atoms with Crippen LogP contribution in [-0.2, 0) is 15.7 Å². The van der Waals surface area contributed by atoms with Gasteiger partial charge in [-0.05, 0) is 26.0 Å². The molecule has 1 aromatic rings. The zero-order valence-corrected chi connectivity index (χ0v) is 12.5. The third-order valence-electron chi connectivity index (χ3n) is 3.53. The van der Waals surface area contributed by atoms with Gasteiger partial charge in [-0.15, -0.1) is 0 Å². The van der Waals surface area contributed by atoms with Gasteiger partial charge in [0.25, 0.3) is 5.91 Å². The van der Waals surface area contributed by atoms with Crippen LogP contribution in [0, 0.1) is 0 Å². The van der Waals surface area contributed by atoms with E-state index in [0.717, 1.165) is 11.0 Å². The number of anilines is 1. The molecule has 0 saturated carbocycles. The average molecular weight is 317 g/mol. The van der Waals surface area contributed by atoms with Gasteiger partial charge in [-0.1, -0.05) is 12.1 Å². The van der Waals surface area contributed by atoms with Gasteiger partial charge in [0.05, 0.1) is 11.3 Å². The number of amides is 1. The second kappa shape index (κ2) is 6.66. The third kappa shape index (κ3) is 4.45. The molecule has 1 aromatic carbocycles. The van der Waals surface area contributed by atoms with E-state index in [1.54, 1.807) is 0 Å². The summed E-state index contributed by atoms with van der Waals surface area (Å²) >= 11 is 0. The number of hydrogen-bond donors (Lipinski definition) is 2. The summed E-state index contributed by atoms with van der Waals surface area (Å²) in [6.45, 7) is 5.31. The van der Waals surface area contributed by atoms with Crippen LogP contribution in [0.5, 0.6) is 0 Å². The Morgan fingerprint density at radius 1 is 1.27 bits per heavy atom. The Morgan fingerprint density at radius 3 is 2.45 bits per heavy atom. The summed E-state index contributed by atoms with van der Waals surface area (Å²) in [6, 6.07) is 4.99. The lowest BCUT2D eigenvalue weighted by Crippen LogP contribution is -3.16. The van der Waals surface area contributed by atoms with Crippen LogP contribution in [0.25, 0.3) is 0 Å². The minimum Gasteiger partial charge on any atom is -0.364 e. The number of quaternary nitrogens is 1. The van der Waals surface area contributed by atoms with E-state index >= 15 is 0 Å². The van der Waals surface area contributed by atoms with Crippen molar-refractivity contribution in [3.8, 4) is 0 Å². The predicted molar refractivity (Wildman–Crippen MR) is 75.6 cm³/mol. The maximum Gasteiger partial charge on any atom is 0.418 e. The lowest BCUT2D eigenvalue weighted by atomic mass is 10.1. The van der Waals surface area contributed by atoms with Crippen molar-refractivity contribution in [3.63, 3.8) is 0 Å². The molecule has 1 saturated heterocycles. The molecule has 122 valence electrons. The Morgan fingerprint density at radius 2 is 1.86 bits per heavy atom. The predicted octanol–water partition coefficient (Wildman–Crippen LogP) is 1.34. The topological polar surface area (TPSA) is 42.8 Å². The number of hydrogen-bond acceptors (Lipinski definition) is 2. The van der Waals surface area contributed by atoms with Crippen LogP contribution in [0.3, 0.4) is 0 Å². The molecule has 1 aliphatic heterocycles. The van der Waals surface area contributed by atoms with Gasteiger partial charge in [0.2, 0.25) is 0 Å². The van der Waals surface area contributed by atoms with Crippen molar-refractivity contribution in [2.24, 2.45) is 0 Å². The highest BCUT2D eigenvalue weighted by Crippen LogP contribution is 2.34. The highest BCUT2D eigenvalue weighted by molar-refractivity contribution is 5.92. The van der Waals surface area contributed by atoms with E-state index in [1.165, 1.54) is 18.2 Å². The molecule has 1 heterocycles. The fraction of sp³-hybridized carbons (Fsp3) is 0.533. The summed E-state index contributed by atoms with van der Waals surface area (Å²) in [7, 11) is 0. The first-order valence-corrected chi connectivity index (χ1v) is 7.21. The number of para-hydroxylation sites is 1. The van der Waals surface area contributed by atoms with Crippen LogP contribution in [0.1, 0.15) is 19.4 Å². The van der Waals surface area contributed by atoms with Crippen LogP contribution >= 0.6 is 0 Å². The molecule has 0 aromatic heterocycles. The van der Waals surface area contributed by atoms with Crippen LogP contribution in [0.4, 0.5) is 18.9 Å². The molecule has 0 radical (unpaired) electrons. The van der Waals surface area contributed by atoms with Crippen molar-refractivity contribution >= 4 is 11.6 Å². The van der Waals surface area contributed by atoms with Crippen molar-refractivity contribution < 1.29 is 27.6 Å². The van der Waals surface area contributed by atoms with E-state index in [4.69, 9.17) is 4.74 Å². The highest BCUT2D eigenvalue weighted by Gasteiger charge is 2.34. The Hall–Kier alpha value is -1.60. The first kappa shape index (κ1) is 16.8. The first-order valence-electron chi connectivity index (χ1n) is 7.21. The summed E-state index contributed by atoms with van der Waals surface area (Å²) in [5.74, 6) is -0.423. The van der Waals surface area contributed by atoms with Gasteiger partial charge in [0.1, 0.15) is 25.3 Å². The molecule has 4 nitrogen and oxygen atoms in total. The van der Waals surface area contributed by atoms with E-state index in [1.807, 2.05) is 13.8 Å². The zero-order chi connectivity index (χ0) is 16.3. The lowest BCUT2D eigenvalue weighted by Gasteiger charge is -2.32. The average Bonchev–Trinajstić information content (AvgIpc) is 2.36. The molecule has 1 unspecified atom stereocenters. The van der Waals surface area contributed by atoms with Crippen molar-refractivity contribution in [2.75, 3.05) is 25.0 Å². The highest BCUT2D eigenvalue weighted by atomic mass is 19.4. The second-order valence-corrected chi connectivity index (χ2v) is 5.68. The molecule has 3 atom stereocenters. The maximum atomic E-state index is 12.9. The number of ether oxygens (including phenoxy) is 1. The van der Waals surface area contributed by atoms with Crippen molar-refractivity contribution in [2.45, 2.75) is 32.2 Å². The summed E-state index contributed by atoms with van der Waals surface area (Å²) in [5, 5.41) is 2.37. The first-order chi connectivity index (χ1) is 10.3. The molecule has 0 spiro atoms. The van der Waals surface area contributed by atoms with E-state index in [0.29, 0.717) is 13.1 Å². The second-order valence-electron chi connectivity index (χ2n) is 5.68. The normalized spacial score (nSPS) is 25.8. The quantitative estimate of drug-likeness (QED) is 0.883. The van der Waals surface area contributed by atoms with Gasteiger partial charge < -0.3 is 15.0 Å². The van der Waals surface area contributed by atoms with E-state index in [-0.39, 0.29) is 24.4 Å². The number of morpholine rings is 1. The van der Waals surface area contributed by atoms with Crippen molar-refractivity contribution in [1.29, 1.82) is 0 Å². The molecule has 1 aliphatic rings. The molecule has 0 bridgehead atoms. The number of alkyl halides is 3.